The van der Waals surface area contributed by atoms with Gasteiger partial charge in [0.05, 0.1) is 18.3 Å². The van der Waals surface area contributed by atoms with Gasteiger partial charge in [-0.1, -0.05) is 30.3 Å². The second-order valence-electron chi connectivity index (χ2n) is 4.54. The fourth-order valence-electron chi connectivity index (χ4n) is 1.89. The van der Waals surface area contributed by atoms with Crippen LogP contribution in [0.3, 0.4) is 0 Å². The number of hydrogen-bond acceptors (Lipinski definition) is 3. The lowest BCUT2D eigenvalue weighted by molar-refractivity contribution is -0.123. The van der Waals surface area contributed by atoms with E-state index in [-0.39, 0.29) is 11.9 Å². The summed E-state index contributed by atoms with van der Waals surface area (Å²) >= 11 is 0. The maximum Gasteiger partial charge on any atom is 0.237 e. The van der Waals surface area contributed by atoms with Crippen molar-refractivity contribution < 1.29 is 9.21 Å². The number of rotatable bonds is 5. The van der Waals surface area contributed by atoms with Gasteiger partial charge in [-0.05, 0) is 31.0 Å². The molecule has 0 saturated heterocycles. The molecule has 0 fully saturated rings. The summed E-state index contributed by atoms with van der Waals surface area (Å²) in [6.45, 7) is 1.87. The monoisotopic (exact) mass is 258 g/mol. The molecule has 100 valence electrons. The van der Waals surface area contributed by atoms with Crippen LogP contribution in [0.1, 0.15) is 24.3 Å². The molecule has 2 rings (SSSR count). The van der Waals surface area contributed by atoms with Gasteiger partial charge in [0.15, 0.2) is 0 Å². The molecule has 3 N–H and O–H groups in total. The predicted octanol–water partition coefficient (Wildman–Crippen LogP) is 2.03. The number of benzene rings is 1. The van der Waals surface area contributed by atoms with Gasteiger partial charge in [-0.3, -0.25) is 4.79 Å². The topological polar surface area (TPSA) is 68.3 Å². The van der Waals surface area contributed by atoms with E-state index in [1.165, 1.54) is 0 Å². The molecule has 0 radical (unpaired) electrons. The Kier molecular flexibility index (Phi) is 4.36. The Morgan fingerprint density at radius 2 is 2.00 bits per heavy atom. The number of carbonyl (C=O) groups excluding carboxylic acids is 1. The molecule has 1 aromatic carbocycles. The van der Waals surface area contributed by atoms with E-state index in [1.807, 2.05) is 43.3 Å². The van der Waals surface area contributed by atoms with Gasteiger partial charge in [-0.25, -0.2) is 0 Å². The summed E-state index contributed by atoms with van der Waals surface area (Å²) in [6, 6.07) is 12.6. The lowest BCUT2D eigenvalue weighted by atomic mass is 10.1. The van der Waals surface area contributed by atoms with Gasteiger partial charge in [-0.2, -0.15) is 0 Å². The second-order valence-corrected chi connectivity index (χ2v) is 4.54. The molecule has 2 atom stereocenters. The largest absolute Gasteiger partial charge is 0.467 e. The summed E-state index contributed by atoms with van der Waals surface area (Å²) in [5.41, 5.74) is 6.96. The normalized spacial score (nSPS) is 13.8. The highest BCUT2D eigenvalue weighted by Gasteiger charge is 2.18. The highest BCUT2D eigenvalue weighted by molar-refractivity contribution is 5.82. The molecule has 2 aromatic rings. The number of nitrogens with one attached hydrogen (secondary N) is 1. The van der Waals surface area contributed by atoms with Crippen LogP contribution in [0.5, 0.6) is 0 Å². The first-order valence-electron chi connectivity index (χ1n) is 6.30. The molecule has 1 amide bonds. The molecule has 0 aliphatic carbocycles. The van der Waals surface area contributed by atoms with E-state index in [0.29, 0.717) is 6.42 Å². The Morgan fingerprint density at radius 1 is 1.26 bits per heavy atom. The van der Waals surface area contributed by atoms with Crippen LogP contribution in [0.4, 0.5) is 0 Å². The predicted molar refractivity (Wildman–Crippen MR) is 73.4 cm³/mol. The molecule has 0 unspecified atom stereocenters. The smallest absolute Gasteiger partial charge is 0.237 e. The Hall–Kier alpha value is -2.07. The third-order valence-electron chi connectivity index (χ3n) is 2.96. The summed E-state index contributed by atoms with van der Waals surface area (Å²) in [6.07, 6.45) is 2.11. The molecule has 4 heteroatoms. The number of furan rings is 1. The highest BCUT2D eigenvalue weighted by Crippen LogP contribution is 2.12. The standard InChI is InChI=1S/C15H18N2O2/c1-11(14-8-5-9-19-14)17-15(18)13(16)10-12-6-3-2-4-7-12/h2-9,11,13H,10,16H2,1H3,(H,17,18)/t11-,13+/m0/s1. The minimum atomic E-state index is -0.556. The van der Waals surface area contributed by atoms with Gasteiger partial charge in [0, 0.05) is 0 Å². The van der Waals surface area contributed by atoms with Crippen molar-refractivity contribution in [2.75, 3.05) is 0 Å². The fourth-order valence-corrected chi connectivity index (χ4v) is 1.89. The molecule has 0 saturated carbocycles. The van der Waals surface area contributed by atoms with Gasteiger partial charge < -0.3 is 15.5 Å². The van der Waals surface area contributed by atoms with Crippen LogP contribution in [0.2, 0.25) is 0 Å². The maximum absolute atomic E-state index is 12.0. The molecule has 0 aliphatic rings. The van der Waals surface area contributed by atoms with Gasteiger partial charge in [0.2, 0.25) is 5.91 Å². The molecule has 1 heterocycles. The van der Waals surface area contributed by atoms with Gasteiger partial charge in [-0.15, -0.1) is 0 Å². The average molecular weight is 258 g/mol. The zero-order valence-corrected chi connectivity index (χ0v) is 10.9. The van der Waals surface area contributed by atoms with E-state index in [4.69, 9.17) is 10.2 Å². The van der Waals surface area contributed by atoms with Crippen molar-refractivity contribution in [1.82, 2.24) is 5.32 Å². The van der Waals surface area contributed by atoms with Crippen molar-refractivity contribution in [3.05, 3.63) is 60.1 Å². The quantitative estimate of drug-likeness (QED) is 0.862. The Balaban J connectivity index is 1.89. The van der Waals surface area contributed by atoms with Crippen LogP contribution < -0.4 is 11.1 Å². The summed E-state index contributed by atoms with van der Waals surface area (Å²) in [5.74, 6) is 0.549. The molecule has 0 bridgehead atoms. The molecular formula is C15H18N2O2. The third-order valence-corrected chi connectivity index (χ3v) is 2.96. The lowest BCUT2D eigenvalue weighted by Crippen LogP contribution is -2.42. The van der Waals surface area contributed by atoms with Crippen LogP contribution in [0.15, 0.2) is 53.1 Å². The minimum Gasteiger partial charge on any atom is -0.467 e. The Labute approximate surface area is 112 Å². The summed E-state index contributed by atoms with van der Waals surface area (Å²) in [7, 11) is 0. The summed E-state index contributed by atoms with van der Waals surface area (Å²) < 4.78 is 5.24. The number of carbonyl (C=O) groups is 1. The van der Waals surface area contributed by atoms with E-state index in [0.717, 1.165) is 11.3 Å². The number of hydrogen-bond donors (Lipinski definition) is 2. The molecule has 19 heavy (non-hydrogen) atoms. The molecule has 0 spiro atoms. The fraction of sp³-hybridized carbons (Fsp3) is 0.267. The zero-order chi connectivity index (χ0) is 13.7. The second kappa shape index (κ2) is 6.20. The van der Waals surface area contributed by atoms with Crippen molar-refractivity contribution >= 4 is 5.91 Å². The summed E-state index contributed by atoms with van der Waals surface area (Å²) in [4.78, 5) is 12.0. The van der Waals surface area contributed by atoms with E-state index in [9.17, 15) is 4.79 Å². The van der Waals surface area contributed by atoms with Crippen molar-refractivity contribution in [1.29, 1.82) is 0 Å². The molecule has 1 aromatic heterocycles. The van der Waals surface area contributed by atoms with E-state index < -0.39 is 6.04 Å². The SMILES string of the molecule is C[C@H](NC(=O)[C@H](N)Cc1ccccc1)c1ccco1. The van der Waals surface area contributed by atoms with Crippen molar-refractivity contribution in [2.24, 2.45) is 5.73 Å². The number of nitrogens with two attached hydrogens (primary N) is 1. The van der Waals surface area contributed by atoms with Crippen molar-refractivity contribution in [3.8, 4) is 0 Å². The van der Waals surface area contributed by atoms with Crippen molar-refractivity contribution in [3.63, 3.8) is 0 Å². The van der Waals surface area contributed by atoms with Crippen LogP contribution in [-0.2, 0) is 11.2 Å². The molecular weight excluding hydrogens is 240 g/mol. The van der Waals surface area contributed by atoms with Crippen LogP contribution in [0.25, 0.3) is 0 Å². The van der Waals surface area contributed by atoms with Gasteiger partial charge in [0.25, 0.3) is 0 Å². The van der Waals surface area contributed by atoms with Crippen molar-refractivity contribution in [2.45, 2.75) is 25.4 Å². The first-order chi connectivity index (χ1) is 9.16. The van der Waals surface area contributed by atoms with Crippen LogP contribution in [0, 0.1) is 0 Å². The first kappa shape index (κ1) is 13.4. The van der Waals surface area contributed by atoms with Crippen LogP contribution >= 0.6 is 0 Å². The zero-order valence-electron chi connectivity index (χ0n) is 10.9. The lowest BCUT2D eigenvalue weighted by Gasteiger charge is -2.16. The third kappa shape index (κ3) is 3.69. The Morgan fingerprint density at radius 3 is 2.63 bits per heavy atom. The Bertz CT molecular complexity index is 508. The van der Waals surface area contributed by atoms with Crippen LogP contribution in [-0.4, -0.2) is 11.9 Å². The van der Waals surface area contributed by atoms with E-state index in [1.54, 1.807) is 12.3 Å². The molecule has 0 aliphatic heterocycles. The first-order valence-corrected chi connectivity index (χ1v) is 6.30. The summed E-state index contributed by atoms with van der Waals surface area (Å²) in [5, 5.41) is 2.84. The average Bonchev–Trinajstić information content (AvgIpc) is 2.93. The van der Waals surface area contributed by atoms with Gasteiger partial charge in [0.1, 0.15) is 5.76 Å². The number of amides is 1. The maximum atomic E-state index is 12.0. The van der Waals surface area contributed by atoms with E-state index >= 15 is 0 Å². The van der Waals surface area contributed by atoms with Gasteiger partial charge >= 0.3 is 0 Å². The highest BCUT2D eigenvalue weighted by atomic mass is 16.3. The molecule has 4 nitrogen and oxygen atoms in total. The van der Waals surface area contributed by atoms with E-state index in [2.05, 4.69) is 5.32 Å². The minimum absolute atomic E-state index is 0.173.